The highest BCUT2D eigenvalue weighted by Gasteiger charge is 2.12. The Morgan fingerprint density at radius 3 is 2.57 bits per heavy atom. The maximum absolute atomic E-state index is 13.1. The fourth-order valence-electron chi connectivity index (χ4n) is 3.26. The molecule has 0 radical (unpaired) electrons. The van der Waals surface area contributed by atoms with Crippen LogP contribution in [-0.2, 0) is 6.54 Å². The summed E-state index contributed by atoms with van der Waals surface area (Å²) in [6.45, 7) is 3.31. The smallest absolute Gasteiger partial charge is 0.229 e. The monoisotopic (exact) mass is 441 g/mol. The highest BCUT2D eigenvalue weighted by Crippen LogP contribution is 2.26. The largest absolute Gasteiger partial charge is 0.339 e. The zero-order chi connectivity index (χ0) is 19.3. The third kappa shape index (κ3) is 4.85. The van der Waals surface area contributed by atoms with Crippen molar-refractivity contribution < 1.29 is 4.39 Å². The van der Waals surface area contributed by atoms with Gasteiger partial charge in [-0.15, -0.1) is 0 Å². The van der Waals surface area contributed by atoms with Gasteiger partial charge in [-0.05, 0) is 83.8 Å². The molecule has 1 aliphatic heterocycles. The Morgan fingerprint density at radius 1 is 1.00 bits per heavy atom. The summed E-state index contributed by atoms with van der Waals surface area (Å²) in [7, 11) is 0. The minimum absolute atomic E-state index is 0.275. The molecule has 2 heterocycles. The Kier molecular flexibility index (Phi) is 5.83. The second-order valence-electron chi connectivity index (χ2n) is 6.83. The van der Waals surface area contributed by atoms with Crippen molar-refractivity contribution in [2.24, 2.45) is 0 Å². The van der Waals surface area contributed by atoms with Gasteiger partial charge >= 0.3 is 0 Å². The molecule has 0 spiro atoms. The van der Waals surface area contributed by atoms with Gasteiger partial charge in [0.1, 0.15) is 11.6 Å². The lowest BCUT2D eigenvalue weighted by molar-refractivity contribution is 0.331. The summed E-state index contributed by atoms with van der Waals surface area (Å²) >= 11 is 3.45. The lowest BCUT2D eigenvalue weighted by Crippen LogP contribution is -2.18. The van der Waals surface area contributed by atoms with Crippen LogP contribution in [0.25, 0.3) is 0 Å². The lowest BCUT2D eigenvalue weighted by atomic mass is 10.2. The van der Waals surface area contributed by atoms with Gasteiger partial charge in [-0.3, -0.25) is 4.90 Å². The predicted octanol–water partition coefficient (Wildman–Crippen LogP) is 5.46. The van der Waals surface area contributed by atoms with Gasteiger partial charge < -0.3 is 10.6 Å². The van der Waals surface area contributed by atoms with Gasteiger partial charge in [0.05, 0.1) is 4.47 Å². The van der Waals surface area contributed by atoms with E-state index in [1.54, 1.807) is 18.3 Å². The van der Waals surface area contributed by atoms with Gasteiger partial charge in [-0.1, -0.05) is 12.1 Å². The van der Waals surface area contributed by atoms with Gasteiger partial charge in [0.2, 0.25) is 5.95 Å². The molecule has 1 fully saturated rings. The molecule has 28 heavy (non-hydrogen) atoms. The number of halogens is 2. The molecule has 5 nitrogen and oxygen atoms in total. The van der Waals surface area contributed by atoms with Crippen molar-refractivity contribution >= 4 is 39.1 Å². The number of anilines is 4. The van der Waals surface area contributed by atoms with Crippen LogP contribution in [0.2, 0.25) is 0 Å². The Labute approximate surface area is 172 Å². The van der Waals surface area contributed by atoms with Crippen molar-refractivity contribution in [2.75, 3.05) is 23.7 Å². The Hall–Kier alpha value is -2.51. The zero-order valence-electron chi connectivity index (χ0n) is 15.3. The normalized spacial score (nSPS) is 14.2. The Bertz CT molecular complexity index is 942. The molecular weight excluding hydrogens is 421 g/mol. The van der Waals surface area contributed by atoms with E-state index in [-0.39, 0.29) is 5.82 Å². The lowest BCUT2D eigenvalue weighted by Gasteiger charge is -2.15. The average molecular weight is 442 g/mol. The average Bonchev–Trinajstić information content (AvgIpc) is 3.20. The van der Waals surface area contributed by atoms with Crippen LogP contribution in [0.3, 0.4) is 0 Å². The van der Waals surface area contributed by atoms with E-state index in [0.717, 1.165) is 22.4 Å². The molecule has 144 valence electrons. The van der Waals surface area contributed by atoms with E-state index in [2.05, 4.69) is 53.6 Å². The van der Waals surface area contributed by atoms with Crippen molar-refractivity contribution in [1.29, 1.82) is 0 Å². The summed E-state index contributed by atoms with van der Waals surface area (Å²) in [6.07, 6.45) is 4.26. The van der Waals surface area contributed by atoms with Gasteiger partial charge in [-0.25, -0.2) is 9.37 Å². The van der Waals surface area contributed by atoms with Gasteiger partial charge in [0, 0.05) is 24.1 Å². The van der Waals surface area contributed by atoms with Crippen LogP contribution in [0.15, 0.2) is 59.2 Å². The van der Waals surface area contributed by atoms with Crippen molar-refractivity contribution in [3.05, 3.63) is 70.6 Å². The van der Waals surface area contributed by atoms with E-state index in [1.807, 2.05) is 12.1 Å². The van der Waals surface area contributed by atoms with Crippen LogP contribution in [-0.4, -0.2) is 28.0 Å². The van der Waals surface area contributed by atoms with E-state index in [0.29, 0.717) is 11.8 Å². The number of rotatable bonds is 6. The molecule has 1 aromatic heterocycles. The molecule has 0 amide bonds. The summed E-state index contributed by atoms with van der Waals surface area (Å²) < 4.78 is 13.8. The first-order valence-corrected chi connectivity index (χ1v) is 10.1. The molecule has 2 N–H and O–H groups in total. The molecule has 2 aromatic carbocycles. The summed E-state index contributed by atoms with van der Waals surface area (Å²) in [5.41, 5.74) is 2.97. The third-order valence-electron chi connectivity index (χ3n) is 4.64. The minimum atomic E-state index is -0.275. The second kappa shape index (κ2) is 8.67. The van der Waals surface area contributed by atoms with E-state index in [1.165, 1.54) is 43.6 Å². The number of nitrogens with zero attached hydrogens (tertiary/aromatic N) is 3. The molecule has 1 saturated heterocycles. The minimum Gasteiger partial charge on any atom is -0.339 e. The van der Waals surface area contributed by atoms with E-state index < -0.39 is 0 Å². The first-order valence-electron chi connectivity index (χ1n) is 9.29. The Morgan fingerprint density at radius 2 is 1.79 bits per heavy atom. The molecule has 0 atom stereocenters. The van der Waals surface area contributed by atoms with Crippen molar-refractivity contribution in [2.45, 2.75) is 19.4 Å². The van der Waals surface area contributed by atoms with Crippen molar-refractivity contribution in [1.82, 2.24) is 14.9 Å². The number of hydrogen-bond acceptors (Lipinski definition) is 5. The first-order chi connectivity index (χ1) is 13.7. The van der Waals surface area contributed by atoms with Crippen LogP contribution in [0, 0.1) is 5.82 Å². The van der Waals surface area contributed by atoms with Crippen molar-refractivity contribution in [3.63, 3.8) is 0 Å². The maximum Gasteiger partial charge on any atom is 0.229 e. The molecule has 0 bridgehead atoms. The number of benzene rings is 2. The molecule has 7 heteroatoms. The maximum atomic E-state index is 13.1. The topological polar surface area (TPSA) is 53.1 Å². The predicted molar refractivity (Wildman–Crippen MR) is 114 cm³/mol. The number of nitrogens with one attached hydrogen (secondary N) is 2. The van der Waals surface area contributed by atoms with Gasteiger partial charge in [-0.2, -0.15) is 4.98 Å². The fourth-order valence-corrected chi connectivity index (χ4v) is 3.55. The summed E-state index contributed by atoms with van der Waals surface area (Å²) in [5, 5.41) is 6.44. The Balaban J connectivity index is 1.48. The van der Waals surface area contributed by atoms with Gasteiger partial charge in [0.15, 0.2) is 0 Å². The van der Waals surface area contributed by atoms with Crippen LogP contribution in [0.5, 0.6) is 0 Å². The summed E-state index contributed by atoms with van der Waals surface area (Å²) in [6, 6.07) is 14.5. The van der Waals surface area contributed by atoms with E-state index >= 15 is 0 Å². The molecule has 0 saturated carbocycles. The summed E-state index contributed by atoms with van der Waals surface area (Å²) in [4.78, 5) is 11.3. The van der Waals surface area contributed by atoms with Gasteiger partial charge in [0.25, 0.3) is 0 Å². The molecule has 0 unspecified atom stereocenters. The molecule has 4 rings (SSSR count). The van der Waals surface area contributed by atoms with Crippen LogP contribution < -0.4 is 10.6 Å². The number of likely N-dealkylation sites (tertiary alicyclic amines) is 1. The van der Waals surface area contributed by atoms with Crippen LogP contribution in [0.4, 0.5) is 27.5 Å². The number of aromatic nitrogens is 2. The first kappa shape index (κ1) is 18.8. The quantitative estimate of drug-likeness (QED) is 0.531. The molecular formula is C21H21BrFN5. The molecule has 0 aliphatic carbocycles. The third-order valence-corrected chi connectivity index (χ3v) is 5.22. The van der Waals surface area contributed by atoms with Crippen LogP contribution >= 0.6 is 15.9 Å². The molecule has 1 aliphatic rings. The van der Waals surface area contributed by atoms with Crippen LogP contribution in [0.1, 0.15) is 18.4 Å². The summed E-state index contributed by atoms with van der Waals surface area (Å²) in [5.74, 6) is 0.826. The van der Waals surface area contributed by atoms with Crippen molar-refractivity contribution in [3.8, 4) is 0 Å². The second-order valence-corrected chi connectivity index (χ2v) is 7.69. The van der Waals surface area contributed by atoms with E-state index in [4.69, 9.17) is 0 Å². The zero-order valence-corrected chi connectivity index (χ0v) is 16.9. The SMILES string of the molecule is Fc1ccc(Nc2nc(Nc3cccc(CN4CCCC4)c3)ncc2Br)cc1. The molecule has 3 aromatic rings. The standard InChI is InChI=1S/C21H21BrFN5/c22-19-13-24-21(27-20(19)25-17-8-6-16(23)7-9-17)26-18-5-3-4-15(12-18)14-28-10-1-2-11-28/h3-9,12-13H,1-2,10-11,14H2,(H2,24,25,26,27). The van der Waals surface area contributed by atoms with E-state index in [9.17, 15) is 4.39 Å². The number of hydrogen-bond donors (Lipinski definition) is 2. The highest BCUT2D eigenvalue weighted by molar-refractivity contribution is 9.10. The fraction of sp³-hybridized carbons (Fsp3) is 0.238. The highest BCUT2D eigenvalue weighted by atomic mass is 79.9.